The van der Waals surface area contributed by atoms with E-state index in [0.29, 0.717) is 28.0 Å². The van der Waals surface area contributed by atoms with Crippen LogP contribution in [0.25, 0.3) is 0 Å². The summed E-state index contributed by atoms with van der Waals surface area (Å²) in [7, 11) is 0. The molecule has 0 spiro atoms. The first kappa shape index (κ1) is 18.7. The summed E-state index contributed by atoms with van der Waals surface area (Å²) in [4.78, 5) is 30.3. The Morgan fingerprint density at radius 3 is 2.77 bits per heavy atom. The highest BCUT2D eigenvalue weighted by molar-refractivity contribution is 7.09. The van der Waals surface area contributed by atoms with E-state index in [9.17, 15) is 9.59 Å². The Labute approximate surface area is 160 Å². The number of rotatable bonds is 5. The zero-order valence-corrected chi connectivity index (χ0v) is 15.9. The van der Waals surface area contributed by atoms with Gasteiger partial charge in [-0.05, 0) is 44.0 Å². The zero-order valence-electron chi connectivity index (χ0n) is 14.4. The monoisotopic (exact) mass is 393 g/mol. The van der Waals surface area contributed by atoms with Crippen molar-refractivity contribution in [2.75, 3.05) is 6.54 Å². The van der Waals surface area contributed by atoms with Gasteiger partial charge < -0.3 is 15.4 Å². The predicted octanol–water partition coefficient (Wildman–Crippen LogP) is 3.10. The van der Waals surface area contributed by atoms with Crippen LogP contribution in [-0.4, -0.2) is 34.3 Å². The van der Waals surface area contributed by atoms with Crippen LogP contribution in [0.15, 0.2) is 29.6 Å². The first-order valence-electron chi connectivity index (χ1n) is 8.37. The van der Waals surface area contributed by atoms with Crippen LogP contribution in [0, 0.1) is 5.92 Å². The number of nitrogens with zero attached hydrogens (tertiary/aromatic N) is 2. The number of carbonyl (C=O) groups is 2. The van der Waals surface area contributed by atoms with Crippen molar-refractivity contribution in [1.82, 2.24) is 9.88 Å². The van der Waals surface area contributed by atoms with E-state index in [2.05, 4.69) is 4.98 Å². The van der Waals surface area contributed by atoms with Gasteiger partial charge in [0.05, 0.1) is 5.92 Å². The Hall–Kier alpha value is -2.12. The topological polar surface area (TPSA) is 85.5 Å². The highest BCUT2D eigenvalue weighted by Crippen LogP contribution is 2.24. The molecule has 2 heterocycles. The van der Waals surface area contributed by atoms with Crippen molar-refractivity contribution in [3.8, 4) is 5.75 Å². The highest BCUT2D eigenvalue weighted by Gasteiger charge is 2.32. The first-order valence-corrected chi connectivity index (χ1v) is 9.63. The zero-order chi connectivity index (χ0) is 18.7. The number of likely N-dealkylation sites (tertiary alicyclic amines) is 1. The molecular formula is C18H20ClN3O3S. The van der Waals surface area contributed by atoms with Crippen molar-refractivity contribution in [1.29, 1.82) is 0 Å². The Morgan fingerprint density at radius 1 is 1.35 bits per heavy atom. The summed E-state index contributed by atoms with van der Waals surface area (Å²) >= 11 is 7.22. The van der Waals surface area contributed by atoms with E-state index >= 15 is 0 Å². The average Bonchev–Trinajstić information content (AvgIpc) is 3.10. The summed E-state index contributed by atoms with van der Waals surface area (Å²) in [6.45, 7) is 2.61. The summed E-state index contributed by atoms with van der Waals surface area (Å²) in [6.07, 6.45) is 1.48. The molecule has 2 aromatic rings. The molecule has 6 nitrogen and oxygen atoms in total. The molecule has 8 heteroatoms. The molecule has 1 aliphatic rings. The quantitative estimate of drug-likeness (QED) is 0.845. The van der Waals surface area contributed by atoms with E-state index < -0.39 is 0 Å². The van der Waals surface area contributed by atoms with Gasteiger partial charge in [-0.3, -0.25) is 9.59 Å². The fourth-order valence-electron chi connectivity index (χ4n) is 2.92. The van der Waals surface area contributed by atoms with Crippen LogP contribution in [0.5, 0.6) is 5.75 Å². The van der Waals surface area contributed by atoms with Gasteiger partial charge in [0.1, 0.15) is 23.1 Å². The lowest BCUT2D eigenvalue weighted by atomic mass is 9.93. The molecule has 2 atom stereocenters. The van der Waals surface area contributed by atoms with Crippen LogP contribution in [0.1, 0.15) is 35.3 Å². The number of thiazole rings is 1. The molecule has 1 fully saturated rings. The number of aromatic nitrogens is 1. The lowest BCUT2D eigenvalue weighted by molar-refractivity contribution is -0.123. The summed E-state index contributed by atoms with van der Waals surface area (Å²) in [5.74, 6) is -0.129. The maximum Gasteiger partial charge on any atom is 0.273 e. The maximum absolute atomic E-state index is 12.8. The van der Waals surface area contributed by atoms with E-state index in [1.807, 2.05) is 6.92 Å². The average molecular weight is 394 g/mol. The molecule has 0 bridgehead atoms. The van der Waals surface area contributed by atoms with Crippen molar-refractivity contribution in [3.63, 3.8) is 0 Å². The van der Waals surface area contributed by atoms with E-state index in [0.717, 1.165) is 12.8 Å². The van der Waals surface area contributed by atoms with Crippen molar-refractivity contribution >= 4 is 34.8 Å². The van der Waals surface area contributed by atoms with Gasteiger partial charge in [-0.2, -0.15) is 0 Å². The molecule has 0 saturated carbocycles. The van der Waals surface area contributed by atoms with Crippen LogP contribution in [0.4, 0.5) is 0 Å². The second-order valence-corrected chi connectivity index (χ2v) is 7.73. The van der Waals surface area contributed by atoms with Crippen LogP contribution in [-0.2, 0) is 11.4 Å². The lowest BCUT2D eigenvalue weighted by Crippen LogP contribution is -2.48. The number of carbonyl (C=O) groups excluding carboxylic acids is 2. The molecular weight excluding hydrogens is 374 g/mol. The Bertz CT molecular complexity index is 793. The second kappa shape index (κ2) is 8.05. The summed E-state index contributed by atoms with van der Waals surface area (Å²) < 4.78 is 5.66. The number of hydrogen-bond acceptors (Lipinski definition) is 5. The lowest BCUT2D eigenvalue weighted by Gasteiger charge is -2.36. The fourth-order valence-corrected chi connectivity index (χ4v) is 3.73. The molecule has 1 saturated heterocycles. The van der Waals surface area contributed by atoms with Gasteiger partial charge in [0.15, 0.2) is 0 Å². The van der Waals surface area contributed by atoms with Gasteiger partial charge in [0.2, 0.25) is 5.91 Å². The number of piperidine rings is 1. The normalized spacial score (nSPS) is 20.0. The third kappa shape index (κ3) is 4.34. The van der Waals surface area contributed by atoms with Crippen molar-refractivity contribution in [2.45, 2.75) is 32.4 Å². The first-order chi connectivity index (χ1) is 12.4. The number of benzene rings is 1. The van der Waals surface area contributed by atoms with Gasteiger partial charge in [-0.25, -0.2) is 4.98 Å². The van der Waals surface area contributed by atoms with E-state index in [-0.39, 0.29) is 30.4 Å². The molecule has 0 aliphatic carbocycles. The molecule has 1 aromatic heterocycles. The van der Waals surface area contributed by atoms with Crippen LogP contribution in [0.3, 0.4) is 0 Å². The highest BCUT2D eigenvalue weighted by atomic mass is 35.5. The minimum absolute atomic E-state index is 0.0635. The Balaban J connectivity index is 1.63. The molecule has 0 radical (unpaired) electrons. The minimum atomic E-state index is -0.356. The van der Waals surface area contributed by atoms with Gasteiger partial charge in [0, 0.05) is 23.0 Å². The van der Waals surface area contributed by atoms with Crippen LogP contribution in [0.2, 0.25) is 5.02 Å². The number of halogens is 1. The minimum Gasteiger partial charge on any atom is -0.486 e. The summed E-state index contributed by atoms with van der Waals surface area (Å²) in [5, 5.41) is 3.08. The van der Waals surface area contributed by atoms with E-state index in [1.165, 1.54) is 11.3 Å². The molecule has 2 amide bonds. The SMILES string of the molecule is C[C@@H]1CC[C@@H](C(N)=O)CN1C(=O)c1csc(COc2ccc(Cl)cc2)n1. The number of amides is 2. The van der Waals surface area contributed by atoms with Crippen molar-refractivity contribution in [2.24, 2.45) is 11.7 Å². The Kier molecular flexibility index (Phi) is 5.78. The third-order valence-electron chi connectivity index (χ3n) is 4.49. The Morgan fingerprint density at radius 2 is 2.08 bits per heavy atom. The second-order valence-electron chi connectivity index (χ2n) is 6.35. The molecule has 1 aliphatic heterocycles. The van der Waals surface area contributed by atoms with Crippen LogP contribution >= 0.6 is 22.9 Å². The standard InChI is InChI=1S/C18H20ClN3O3S/c1-11-2-3-12(17(20)23)8-22(11)18(24)15-10-26-16(21-15)9-25-14-6-4-13(19)5-7-14/h4-7,10-12H,2-3,8-9H2,1H3,(H2,20,23)/t11-,12-/m1/s1. The number of hydrogen-bond donors (Lipinski definition) is 1. The number of ether oxygens (including phenoxy) is 1. The number of nitrogens with two attached hydrogens (primary N) is 1. The van der Waals surface area contributed by atoms with Gasteiger partial charge >= 0.3 is 0 Å². The van der Waals surface area contributed by atoms with E-state index in [1.54, 1.807) is 34.5 Å². The van der Waals surface area contributed by atoms with Gasteiger partial charge in [0.25, 0.3) is 5.91 Å². The largest absolute Gasteiger partial charge is 0.486 e. The van der Waals surface area contributed by atoms with Crippen molar-refractivity contribution in [3.05, 3.63) is 45.4 Å². The number of primary amides is 1. The molecule has 1 aromatic carbocycles. The predicted molar refractivity (Wildman–Crippen MR) is 100 cm³/mol. The fraction of sp³-hybridized carbons (Fsp3) is 0.389. The van der Waals surface area contributed by atoms with Gasteiger partial charge in [-0.1, -0.05) is 11.6 Å². The smallest absolute Gasteiger partial charge is 0.273 e. The van der Waals surface area contributed by atoms with Crippen LogP contribution < -0.4 is 10.5 Å². The molecule has 138 valence electrons. The maximum atomic E-state index is 12.8. The van der Waals surface area contributed by atoms with Gasteiger partial charge in [-0.15, -0.1) is 11.3 Å². The summed E-state index contributed by atoms with van der Waals surface area (Å²) in [5.41, 5.74) is 5.78. The third-order valence-corrected chi connectivity index (χ3v) is 5.57. The molecule has 26 heavy (non-hydrogen) atoms. The van der Waals surface area contributed by atoms with E-state index in [4.69, 9.17) is 22.1 Å². The molecule has 3 rings (SSSR count). The summed E-state index contributed by atoms with van der Waals surface area (Å²) in [6, 6.07) is 7.12. The molecule has 2 N–H and O–H groups in total. The molecule has 0 unspecified atom stereocenters. The van der Waals surface area contributed by atoms with Crippen molar-refractivity contribution < 1.29 is 14.3 Å².